The minimum Gasteiger partial charge on any atom is -0.550 e. The number of aliphatic hydroxyl groups excluding tert-OH is 1. The largest absolute Gasteiger partial charge is 3.00 e. The molecule has 115 valence electrons. The van der Waals surface area contributed by atoms with Gasteiger partial charge in [-0.25, -0.2) is 0 Å². The van der Waals surface area contributed by atoms with Gasteiger partial charge in [0.05, 0.1) is 5.97 Å². The van der Waals surface area contributed by atoms with Crippen molar-refractivity contribution in [2.75, 3.05) is 13.2 Å². The molecule has 1 unspecified atom stereocenters. The maximum Gasteiger partial charge on any atom is 3.00 e. The summed E-state index contributed by atoms with van der Waals surface area (Å²) in [4.78, 5) is 31.8. The van der Waals surface area contributed by atoms with E-state index in [1.165, 1.54) is 0 Å². The number of hydrogen-bond acceptors (Lipinski definition) is 9. The maximum atomic E-state index is 10.7. The molecule has 0 aromatic heterocycles. The monoisotopic (exact) mass is 331 g/mol. The van der Waals surface area contributed by atoms with Gasteiger partial charge in [-0.15, -0.1) is 0 Å². The summed E-state index contributed by atoms with van der Waals surface area (Å²) < 4.78 is 0. The quantitative estimate of drug-likeness (QED) is 0.328. The number of carboxylic acids is 3. The van der Waals surface area contributed by atoms with Gasteiger partial charge in [-0.1, -0.05) is 0 Å². The van der Waals surface area contributed by atoms with Crippen molar-refractivity contribution >= 4 is 17.9 Å². The summed E-state index contributed by atoms with van der Waals surface area (Å²) >= 11 is 0. The van der Waals surface area contributed by atoms with E-state index in [0.29, 0.717) is 0 Å². The summed E-state index contributed by atoms with van der Waals surface area (Å²) in [5, 5.41) is 42.8. The molecular formula is C10H15FeN2O7. The van der Waals surface area contributed by atoms with Crippen LogP contribution in [0.3, 0.4) is 0 Å². The topological polar surface area (TPSA) is 179 Å². The first kappa shape index (κ1) is 21.1. The second kappa shape index (κ2) is 9.67. The molecule has 20 heavy (non-hydrogen) atoms. The van der Waals surface area contributed by atoms with Crippen LogP contribution in [0.1, 0.15) is 19.3 Å². The number of nitrogens with two attached hydrogens (primary N) is 1. The molecule has 0 saturated carbocycles. The summed E-state index contributed by atoms with van der Waals surface area (Å²) in [6, 6.07) is -1.12. The molecule has 9 nitrogen and oxygen atoms in total. The Morgan fingerprint density at radius 3 is 1.85 bits per heavy atom. The van der Waals surface area contributed by atoms with E-state index in [9.17, 15) is 29.7 Å². The second-order valence-electron chi connectivity index (χ2n) is 4.10. The Bertz CT molecular complexity index is 334. The molecule has 4 N–H and O–H groups in total. The Labute approximate surface area is 125 Å². The predicted octanol–water partition coefficient (Wildman–Crippen LogP) is -5.95. The first-order valence-corrected chi connectivity index (χ1v) is 5.44. The molecule has 0 aliphatic heterocycles. The van der Waals surface area contributed by atoms with Crippen molar-refractivity contribution in [2.45, 2.75) is 30.8 Å². The van der Waals surface area contributed by atoms with E-state index in [4.69, 9.17) is 10.8 Å². The SMILES string of the molecule is NC(CCO)C(CC(=O)[O-])(CC(=O)[O-])NCC(=O)[O-].[Fe+3]. The van der Waals surface area contributed by atoms with Gasteiger partial charge in [-0.05, 0) is 6.42 Å². The number of aliphatic hydroxyl groups is 1. The van der Waals surface area contributed by atoms with E-state index in [1.54, 1.807) is 0 Å². The zero-order chi connectivity index (χ0) is 15.1. The molecule has 0 bridgehead atoms. The number of nitrogens with one attached hydrogen (secondary N) is 1. The van der Waals surface area contributed by atoms with Gasteiger partial charge >= 0.3 is 17.1 Å². The minimum atomic E-state index is -1.79. The van der Waals surface area contributed by atoms with Crippen LogP contribution in [0.5, 0.6) is 0 Å². The van der Waals surface area contributed by atoms with Crippen molar-refractivity contribution in [3.8, 4) is 0 Å². The van der Waals surface area contributed by atoms with E-state index in [-0.39, 0.29) is 23.5 Å². The first-order chi connectivity index (χ1) is 8.73. The van der Waals surface area contributed by atoms with Crippen molar-refractivity contribution in [1.82, 2.24) is 5.32 Å². The molecule has 0 fully saturated rings. The second-order valence-corrected chi connectivity index (χ2v) is 4.10. The van der Waals surface area contributed by atoms with E-state index >= 15 is 0 Å². The van der Waals surface area contributed by atoms with Crippen molar-refractivity contribution in [1.29, 1.82) is 0 Å². The molecule has 0 aliphatic carbocycles. The van der Waals surface area contributed by atoms with Crippen LogP contribution in [0.25, 0.3) is 0 Å². The van der Waals surface area contributed by atoms with Crippen LogP contribution in [0, 0.1) is 0 Å². The number of carbonyl (C=O) groups excluding carboxylic acids is 3. The molecule has 1 radical (unpaired) electrons. The van der Waals surface area contributed by atoms with Gasteiger partial charge in [0, 0.05) is 49.5 Å². The molecule has 0 aromatic rings. The maximum absolute atomic E-state index is 10.7. The minimum absolute atomic E-state index is 0. The van der Waals surface area contributed by atoms with E-state index in [2.05, 4.69) is 5.32 Å². The Hall–Kier alpha value is -1.19. The molecule has 0 rings (SSSR count). The van der Waals surface area contributed by atoms with Crippen molar-refractivity contribution in [3.05, 3.63) is 0 Å². The zero-order valence-corrected chi connectivity index (χ0v) is 11.5. The summed E-state index contributed by atoms with van der Waals surface area (Å²) in [6.45, 7) is -1.21. The van der Waals surface area contributed by atoms with Crippen LogP contribution in [0.2, 0.25) is 0 Å². The fraction of sp³-hybridized carbons (Fsp3) is 0.700. The molecule has 0 spiro atoms. The smallest absolute Gasteiger partial charge is 0.550 e. The Balaban J connectivity index is 0. The van der Waals surface area contributed by atoms with E-state index in [0.717, 1.165) is 0 Å². The third-order valence-corrected chi connectivity index (χ3v) is 2.65. The van der Waals surface area contributed by atoms with Gasteiger partial charge in [0.15, 0.2) is 0 Å². The van der Waals surface area contributed by atoms with Gasteiger partial charge in [0.25, 0.3) is 0 Å². The molecule has 10 heteroatoms. The van der Waals surface area contributed by atoms with E-state index in [1.807, 2.05) is 0 Å². The number of carboxylic acid groups (broad SMARTS) is 3. The van der Waals surface area contributed by atoms with Crippen LogP contribution in [0.15, 0.2) is 0 Å². The summed E-state index contributed by atoms with van der Waals surface area (Å²) in [6.07, 6.45) is -1.80. The molecule has 1 atom stereocenters. The van der Waals surface area contributed by atoms with Gasteiger partial charge < -0.3 is 45.9 Å². The number of rotatable bonds is 10. The molecule has 0 aliphatic rings. The van der Waals surface area contributed by atoms with Crippen LogP contribution < -0.4 is 26.4 Å². The molecule has 0 heterocycles. The Kier molecular flexibility index (Phi) is 10.2. The molecule has 0 aromatic carbocycles. The first-order valence-electron chi connectivity index (χ1n) is 5.44. The summed E-state index contributed by atoms with van der Waals surface area (Å²) in [5.74, 6) is -4.78. The summed E-state index contributed by atoms with van der Waals surface area (Å²) in [7, 11) is 0. The third kappa shape index (κ3) is 7.41. The van der Waals surface area contributed by atoms with Crippen LogP contribution in [-0.2, 0) is 31.5 Å². The van der Waals surface area contributed by atoms with E-state index < -0.39 is 55.5 Å². The average molecular weight is 331 g/mol. The van der Waals surface area contributed by atoms with Gasteiger partial charge in [0.1, 0.15) is 0 Å². The number of hydrogen-bond donors (Lipinski definition) is 3. The zero-order valence-electron chi connectivity index (χ0n) is 10.4. The average Bonchev–Trinajstić information content (AvgIpc) is 2.24. The normalized spacial score (nSPS) is 12.3. The number of aliphatic carboxylic acids is 3. The fourth-order valence-electron chi connectivity index (χ4n) is 1.76. The van der Waals surface area contributed by atoms with Gasteiger partial charge in [-0.3, -0.25) is 0 Å². The Morgan fingerprint density at radius 1 is 1.10 bits per heavy atom. The molecular weight excluding hydrogens is 316 g/mol. The van der Waals surface area contributed by atoms with Gasteiger partial charge in [-0.2, -0.15) is 0 Å². The standard InChI is InChI=1S/C10H18N2O7.Fe/c11-6(1-2-13)10(3-7(14)15,4-8(16)17)12-5-9(18)19;/h6,12-13H,1-5,11H2,(H,14,15)(H,16,17)(H,18,19);/q;+3/p-3. The van der Waals surface area contributed by atoms with Crippen molar-refractivity contribution in [2.24, 2.45) is 5.73 Å². The number of carbonyl (C=O) groups is 3. The van der Waals surface area contributed by atoms with Crippen molar-refractivity contribution < 1.29 is 51.9 Å². The molecule has 0 saturated heterocycles. The Morgan fingerprint density at radius 2 is 1.55 bits per heavy atom. The fourth-order valence-corrected chi connectivity index (χ4v) is 1.76. The van der Waals surface area contributed by atoms with Crippen LogP contribution >= 0.6 is 0 Å². The van der Waals surface area contributed by atoms with Gasteiger partial charge in [0.2, 0.25) is 0 Å². The summed E-state index contributed by atoms with van der Waals surface area (Å²) in [5.41, 5.74) is 3.84. The van der Waals surface area contributed by atoms with Crippen LogP contribution in [0.4, 0.5) is 0 Å². The third-order valence-electron chi connectivity index (χ3n) is 2.65. The molecule has 0 amide bonds. The van der Waals surface area contributed by atoms with Crippen molar-refractivity contribution in [3.63, 3.8) is 0 Å². The van der Waals surface area contributed by atoms with Crippen LogP contribution in [-0.4, -0.2) is 47.7 Å². The predicted molar refractivity (Wildman–Crippen MR) is 54.7 cm³/mol.